The molecule has 3 nitrogen and oxygen atoms in total. The molecule has 1 saturated carbocycles. The SMILES string of the molecule is CC(C)Oc1ccc(C(CN)NC2CCCC2)cc1. The van der Waals surface area contributed by atoms with Crippen LogP contribution in [0.4, 0.5) is 0 Å². The fraction of sp³-hybridized carbons (Fsp3) is 0.625. The molecule has 3 heteroatoms. The van der Waals surface area contributed by atoms with Gasteiger partial charge in [0.25, 0.3) is 0 Å². The van der Waals surface area contributed by atoms with Gasteiger partial charge in [0.15, 0.2) is 0 Å². The molecule has 1 aliphatic carbocycles. The van der Waals surface area contributed by atoms with Crippen molar-refractivity contribution < 1.29 is 4.74 Å². The second-order valence-corrected chi connectivity index (χ2v) is 5.67. The Morgan fingerprint density at radius 2 is 1.84 bits per heavy atom. The van der Waals surface area contributed by atoms with E-state index in [1.807, 2.05) is 26.0 Å². The highest BCUT2D eigenvalue weighted by Crippen LogP contribution is 2.23. The summed E-state index contributed by atoms with van der Waals surface area (Å²) in [5, 5.41) is 3.68. The van der Waals surface area contributed by atoms with Gasteiger partial charge in [0.1, 0.15) is 5.75 Å². The van der Waals surface area contributed by atoms with Crippen LogP contribution in [0.15, 0.2) is 24.3 Å². The predicted molar refractivity (Wildman–Crippen MR) is 79.4 cm³/mol. The molecule has 106 valence electrons. The second-order valence-electron chi connectivity index (χ2n) is 5.67. The van der Waals surface area contributed by atoms with Gasteiger partial charge in [0.05, 0.1) is 6.10 Å². The van der Waals surface area contributed by atoms with Gasteiger partial charge in [-0.05, 0) is 44.4 Å². The molecule has 1 aliphatic rings. The molecule has 0 spiro atoms. The van der Waals surface area contributed by atoms with Crippen LogP contribution in [0.5, 0.6) is 5.75 Å². The van der Waals surface area contributed by atoms with Crippen LogP contribution in [0, 0.1) is 0 Å². The Morgan fingerprint density at radius 1 is 1.21 bits per heavy atom. The van der Waals surface area contributed by atoms with E-state index in [2.05, 4.69) is 17.4 Å². The number of ether oxygens (including phenoxy) is 1. The third-order valence-corrected chi connectivity index (χ3v) is 3.68. The van der Waals surface area contributed by atoms with Crippen molar-refractivity contribution >= 4 is 0 Å². The molecule has 1 atom stereocenters. The molecule has 1 fully saturated rings. The van der Waals surface area contributed by atoms with Gasteiger partial charge in [-0.25, -0.2) is 0 Å². The molecule has 1 aromatic rings. The zero-order valence-electron chi connectivity index (χ0n) is 12.1. The molecule has 19 heavy (non-hydrogen) atoms. The van der Waals surface area contributed by atoms with E-state index in [1.54, 1.807) is 0 Å². The lowest BCUT2D eigenvalue weighted by atomic mass is 10.1. The smallest absolute Gasteiger partial charge is 0.119 e. The molecule has 0 radical (unpaired) electrons. The average Bonchev–Trinajstić information content (AvgIpc) is 2.89. The summed E-state index contributed by atoms with van der Waals surface area (Å²) >= 11 is 0. The Balaban J connectivity index is 1.97. The molecule has 0 bridgehead atoms. The summed E-state index contributed by atoms with van der Waals surface area (Å²) in [5.41, 5.74) is 7.16. The van der Waals surface area contributed by atoms with Crippen molar-refractivity contribution in [2.75, 3.05) is 6.54 Å². The van der Waals surface area contributed by atoms with Gasteiger partial charge < -0.3 is 15.8 Å². The third-order valence-electron chi connectivity index (χ3n) is 3.68. The molecule has 2 rings (SSSR count). The topological polar surface area (TPSA) is 47.3 Å². The summed E-state index contributed by atoms with van der Waals surface area (Å²) in [6.07, 6.45) is 5.47. The van der Waals surface area contributed by atoms with Gasteiger partial charge >= 0.3 is 0 Å². The summed E-state index contributed by atoms with van der Waals surface area (Å²) in [6, 6.07) is 9.22. The molecular weight excluding hydrogens is 236 g/mol. The largest absolute Gasteiger partial charge is 0.491 e. The summed E-state index contributed by atoms with van der Waals surface area (Å²) in [7, 11) is 0. The van der Waals surface area contributed by atoms with Crippen LogP contribution >= 0.6 is 0 Å². The Bertz CT molecular complexity index is 369. The van der Waals surface area contributed by atoms with Crippen LogP contribution < -0.4 is 15.8 Å². The first-order chi connectivity index (χ1) is 9.19. The third kappa shape index (κ3) is 4.22. The van der Waals surface area contributed by atoms with Crippen molar-refractivity contribution in [2.24, 2.45) is 5.73 Å². The normalized spacial score (nSPS) is 17.9. The maximum Gasteiger partial charge on any atom is 0.119 e. The fourth-order valence-electron chi connectivity index (χ4n) is 2.73. The molecule has 1 unspecified atom stereocenters. The molecule has 0 saturated heterocycles. The van der Waals surface area contributed by atoms with Crippen LogP contribution in [0.25, 0.3) is 0 Å². The van der Waals surface area contributed by atoms with Crippen LogP contribution in [-0.4, -0.2) is 18.7 Å². The van der Waals surface area contributed by atoms with Crippen molar-refractivity contribution in [1.29, 1.82) is 0 Å². The van der Waals surface area contributed by atoms with Gasteiger partial charge in [-0.1, -0.05) is 25.0 Å². The molecule has 3 N–H and O–H groups in total. The average molecular weight is 262 g/mol. The van der Waals surface area contributed by atoms with Crippen molar-refractivity contribution in [3.8, 4) is 5.75 Å². The predicted octanol–water partition coefficient (Wildman–Crippen LogP) is 3.01. The van der Waals surface area contributed by atoms with Crippen molar-refractivity contribution in [1.82, 2.24) is 5.32 Å². The monoisotopic (exact) mass is 262 g/mol. The van der Waals surface area contributed by atoms with Crippen molar-refractivity contribution in [3.05, 3.63) is 29.8 Å². The molecule has 0 aromatic heterocycles. The minimum absolute atomic E-state index is 0.216. The van der Waals surface area contributed by atoms with Gasteiger partial charge in [-0.2, -0.15) is 0 Å². The second kappa shape index (κ2) is 6.92. The number of rotatable bonds is 6. The number of nitrogens with one attached hydrogen (secondary N) is 1. The first-order valence-electron chi connectivity index (χ1n) is 7.41. The maximum atomic E-state index is 5.91. The standard InChI is InChI=1S/C16H26N2O/c1-12(2)19-15-9-7-13(8-10-15)16(11-17)18-14-5-3-4-6-14/h7-10,12,14,16,18H,3-6,11,17H2,1-2H3. The Hall–Kier alpha value is -1.06. The van der Waals surface area contributed by atoms with E-state index < -0.39 is 0 Å². The summed E-state index contributed by atoms with van der Waals surface area (Å²) in [4.78, 5) is 0. The fourth-order valence-corrected chi connectivity index (χ4v) is 2.73. The van der Waals surface area contributed by atoms with E-state index in [0.717, 1.165) is 5.75 Å². The first-order valence-corrected chi connectivity index (χ1v) is 7.41. The van der Waals surface area contributed by atoms with Crippen molar-refractivity contribution in [2.45, 2.75) is 57.7 Å². The Labute approximate surface area is 116 Å². The minimum atomic E-state index is 0.216. The zero-order chi connectivity index (χ0) is 13.7. The van der Waals surface area contributed by atoms with Crippen LogP contribution in [0.3, 0.4) is 0 Å². The molecule has 0 amide bonds. The van der Waals surface area contributed by atoms with Gasteiger partial charge in [-0.15, -0.1) is 0 Å². The summed E-state index contributed by atoms with van der Waals surface area (Å²) < 4.78 is 5.66. The molecular formula is C16H26N2O. The molecule has 0 aliphatic heterocycles. The highest BCUT2D eigenvalue weighted by atomic mass is 16.5. The maximum absolute atomic E-state index is 5.91. The minimum Gasteiger partial charge on any atom is -0.491 e. The summed E-state index contributed by atoms with van der Waals surface area (Å²) in [5.74, 6) is 0.926. The van der Waals surface area contributed by atoms with E-state index in [0.29, 0.717) is 12.6 Å². The first kappa shape index (κ1) is 14.4. The number of hydrogen-bond acceptors (Lipinski definition) is 3. The van der Waals surface area contributed by atoms with Gasteiger partial charge in [0.2, 0.25) is 0 Å². The molecule has 0 heterocycles. The van der Waals surface area contributed by atoms with E-state index in [1.165, 1.54) is 31.2 Å². The highest BCUT2D eigenvalue weighted by molar-refractivity contribution is 5.29. The quantitative estimate of drug-likeness (QED) is 0.828. The number of benzene rings is 1. The van der Waals surface area contributed by atoms with Crippen LogP contribution in [0.1, 0.15) is 51.1 Å². The van der Waals surface area contributed by atoms with Crippen LogP contribution in [-0.2, 0) is 0 Å². The number of hydrogen-bond donors (Lipinski definition) is 2. The Morgan fingerprint density at radius 3 is 2.37 bits per heavy atom. The lowest BCUT2D eigenvalue weighted by Crippen LogP contribution is -2.35. The van der Waals surface area contributed by atoms with Crippen LogP contribution in [0.2, 0.25) is 0 Å². The highest BCUT2D eigenvalue weighted by Gasteiger charge is 2.19. The van der Waals surface area contributed by atoms with Gasteiger partial charge in [-0.3, -0.25) is 0 Å². The van der Waals surface area contributed by atoms with E-state index in [-0.39, 0.29) is 12.1 Å². The van der Waals surface area contributed by atoms with Crippen molar-refractivity contribution in [3.63, 3.8) is 0 Å². The lowest BCUT2D eigenvalue weighted by Gasteiger charge is -2.22. The lowest BCUT2D eigenvalue weighted by molar-refractivity contribution is 0.242. The zero-order valence-corrected chi connectivity index (χ0v) is 12.1. The van der Waals surface area contributed by atoms with E-state index >= 15 is 0 Å². The Kier molecular flexibility index (Phi) is 5.23. The number of nitrogens with two attached hydrogens (primary N) is 1. The molecule has 1 aromatic carbocycles. The van der Waals surface area contributed by atoms with Gasteiger partial charge in [0, 0.05) is 18.6 Å². The van der Waals surface area contributed by atoms with E-state index in [4.69, 9.17) is 10.5 Å². The van der Waals surface area contributed by atoms with E-state index in [9.17, 15) is 0 Å². The summed E-state index contributed by atoms with van der Waals surface area (Å²) in [6.45, 7) is 4.72.